The molecule has 0 aliphatic carbocycles. The van der Waals surface area contributed by atoms with Crippen molar-refractivity contribution < 1.29 is 56.5 Å². The van der Waals surface area contributed by atoms with Gasteiger partial charge in [0.05, 0.1) is 0 Å². The summed E-state index contributed by atoms with van der Waals surface area (Å²) in [6.07, 6.45) is 0. The number of hydrogen-bond acceptors (Lipinski definition) is 2. The summed E-state index contributed by atoms with van der Waals surface area (Å²) in [7, 11) is 1.97. The number of anilines is 1. The van der Waals surface area contributed by atoms with E-state index in [1.807, 2.05) is 18.0 Å². The van der Waals surface area contributed by atoms with Gasteiger partial charge >= 0.3 is 51.4 Å². The predicted molar refractivity (Wildman–Crippen MR) is 44.8 cm³/mol. The van der Waals surface area contributed by atoms with Gasteiger partial charge in [0.15, 0.2) is 0 Å². The quantitative estimate of drug-likeness (QED) is 0.514. The first-order chi connectivity index (χ1) is 5.24. The van der Waals surface area contributed by atoms with Crippen LogP contribution in [0.5, 0.6) is 5.75 Å². The maximum absolute atomic E-state index is 10.9. The van der Waals surface area contributed by atoms with Crippen LogP contribution in [-0.2, 0) is 0 Å². The van der Waals surface area contributed by atoms with Crippen molar-refractivity contribution in [1.82, 2.24) is 0 Å². The molecule has 0 N–H and O–H groups in total. The number of benzene rings is 1. The summed E-state index contributed by atoms with van der Waals surface area (Å²) >= 11 is 0. The summed E-state index contributed by atoms with van der Waals surface area (Å²) in [6.45, 7) is 2.97. The Labute approximate surface area is 116 Å². The molecular weight excluding hydrogens is 177 g/mol. The molecule has 0 spiro atoms. The largest absolute Gasteiger partial charge is 1.00 e. The standard InChI is InChI=1S/C9H13NO.K/c1-3-10(2)8-5-4-6-9(11)7-8;/h4-7,11H,3H2,1-2H3;/q;+1/p-1. The van der Waals surface area contributed by atoms with E-state index < -0.39 is 0 Å². The van der Waals surface area contributed by atoms with E-state index in [4.69, 9.17) is 0 Å². The molecule has 0 bridgehead atoms. The summed E-state index contributed by atoms with van der Waals surface area (Å²) in [5.74, 6) is 0.0720. The fraction of sp³-hybridized carbons (Fsp3) is 0.333. The Hall–Kier alpha value is 0.456. The molecule has 0 aromatic heterocycles. The van der Waals surface area contributed by atoms with Crippen molar-refractivity contribution in [2.24, 2.45) is 0 Å². The van der Waals surface area contributed by atoms with Crippen LogP contribution in [0.1, 0.15) is 6.92 Å². The van der Waals surface area contributed by atoms with Gasteiger partial charge in [-0.3, -0.25) is 0 Å². The molecule has 0 aliphatic heterocycles. The number of nitrogens with zero attached hydrogens (tertiary/aromatic N) is 1. The van der Waals surface area contributed by atoms with Crippen LogP contribution in [0.4, 0.5) is 5.69 Å². The Bertz CT molecular complexity index is 240. The van der Waals surface area contributed by atoms with Crippen LogP contribution < -0.4 is 61.4 Å². The summed E-state index contributed by atoms with van der Waals surface area (Å²) in [5, 5.41) is 10.9. The average molecular weight is 189 g/mol. The van der Waals surface area contributed by atoms with Crippen LogP contribution in [-0.4, -0.2) is 13.6 Å². The Balaban J connectivity index is 0.00000121. The minimum Gasteiger partial charge on any atom is -0.872 e. The van der Waals surface area contributed by atoms with E-state index in [2.05, 4.69) is 6.92 Å². The van der Waals surface area contributed by atoms with Crippen LogP contribution >= 0.6 is 0 Å². The first-order valence-corrected chi connectivity index (χ1v) is 3.72. The fourth-order valence-electron chi connectivity index (χ4n) is 0.904. The minimum atomic E-state index is 0. The first-order valence-electron chi connectivity index (χ1n) is 3.72. The van der Waals surface area contributed by atoms with Gasteiger partial charge in [-0.2, -0.15) is 0 Å². The Morgan fingerprint density at radius 2 is 2.08 bits per heavy atom. The molecule has 1 rings (SSSR count). The van der Waals surface area contributed by atoms with E-state index in [0.717, 1.165) is 12.2 Å². The third-order valence-corrected chi connectivity index (χ3v) is 1.73. The van der Waals surface area contributed by atoms with Crippen molar-refractivity contribution in [2.75, 3.05) is 18.5 Å². The van der Waals surface area contributed by atoms with E-state index in [1.54, 1.807) is 18.2 Å². The van der Waals surface area contributed by atoms with Crippen molar-refractivity contribution in [3.8, 4) is 5.75 Å². The molecular formula is C9H12KNO. The molecule has 1 aromatic carbocycles. The zero-order valence-corrected chi connectivity index (χ0v) is 11.0. The zero-order valence-electron chi connectivity index (χ0n) is 7.87. The van der Waals surface area contributed by atoms with Gasteiger partial charge in [-0.15, -0.1) is 5.75 Å². The van der Waals surface area contributed by atoms with E-state index in [-0.39, 0.29) is 57.1 Å². The van der Waals surface area contributed by atoms with Gasteiger partial charge in [-0.25, -0.2) is 0 Å². The van der Waals surface area contributed by atoms with E-state index in [0.29, 0.717) is 0 Å². The first kappa shape index (κ1) is 12.5. The van der Waals surface area contributed by atoms with Crippen LogP contribution in [0.25, 0.3) is 0 Å². The minimum absolute atomic E-state index is 0. The van der Waals surface area contributed by atoms with Crippen molar-refractivity contribution >= 4 is 5.69 Å². The maximum Gasteiger partial charge on any atom is 1.00 e. The SMILES string of the molecule is CCN(C)c1cccc([O-])c1.[K+]. The van der Waals surface area contributed by atoms with Crippen LogP contribution in [0.3, 0.4) is 0 Å². The van der Waals surface area contributed by atoms with Crippen LogP contribution in [0.2, 0.25) is 0 Å². The van der Waals surface area contributed by atoms with E-state index >= 15 is 0 Å². The topological polar surface area (TPSA) is 26.3 Å². The fourth-order valence-corrected chi connectivity index (χ4v) is 0.904. The van der Waals surface area contributed by atoms with Crippen molar-refractivity contribution in [2.45, 2.75) is 6.92 Å². The third kappa shape index (κ3) is 3.45. The second kappa shape index (κ2) is 5.99. The van der Waals surface area contributed by atoms with Gasteiger partial charge < -0.3 is 10.0 Å². The number of rotatable bonds is 2. The summed E-state index contributed by atoms with van der Waals surface area (Å²) < 4.78 is 0. The molecule has 0 heterocycles. The monoisotopic (exact) mass is 189 g/mol. The maximum atomic E-state index is 10.9. The molecule has 12 heavy (non-hydrogen) atoms. The second-order valence-electron chi connectivity index (χ2n) is 2.51. The van der Waals surface area contributed by atoms with Crippen molar-refractivity contribution in [1.29, 1.82) is 0 Å². The molecule has 2 nitrogen and oxygen atoms in total. The zero-order chi connectivity index (χ0) is 8.27. The molecule has 0 radical (unpaired) electrons. The summed E-state index contributed by atoms with van der Waals surface area (Å²) in [5.41, 5.74) is 0.986. The molecule has 0 fully saturated rings. The molecule has 60 valence electrons. The van der Waals surface area contributed by atoms with Gasteiger partial charge in [0.2, 0.25) is 0 Å². The van der Waals surface area contributed by atoms with Gasteiger partial charge in [0.1, 0.15) is 0 Å². The van der Waals surface area contributed by atoms with Crippen molar-refractivity contribution in [3.05, 3.63) is 24.3 Å². The molecule has 0 atom stereocenters. The van der Waals surface area contributed by atoms with E-state index in [1.165, 1.54) is 0 Å². The Morgan fingerprint density at radius 1 is 1.42 bits per heavy atom. The Kier molecular flexibility index (Phi) is 6.22. The second-order valence-corrected chi connectivity index (χ2v) is 2.51. The Morgan fingerprint density at radius 3 is 2.58 bits per heavy atom. The summed E-state index contributed by atoms with van der Waals surface area (Å²) in [4.78, 5) is 2.03. The number of hydrogen-bond donors (Lipinski definition) is 0. The van der Waals surface area contributed by atoms with Crippen molar-refractivity contribution in [3.63, 3.8) is 0 Å². The molecule has 0 amide bonds. The molecule has 0 aliphatic rings. The normalized spacial score (nSPS) is 8.83. The van der Waals surface area contributed by atoms with Gasteiger partial charge in [0.25, 0.3) is 0 Å². The molecule has 0 saturated heterocycles. The molecule has 0 unspecified atom stereocenters. The average Bonchev–Trinajstić information content (AvgIpc) is 2.03. The smallest absolute Gasteiger partial charge is 0.872 e. The summed E-state index contributed by atoms with van der Waals surface area (Å²) in [6, 6.07) is 6.92. The molecule has 0 saturated carbocycles. The van der Waals surface area contributed by atoms with Crippen LogP contribution in [0.15, 0.2) is 24.3 Å². The van der Waals surface area contributed by atoms with Gasteiger partial charge in [-0.05, 0) is 19.1 Å². The third-order valence-electron chi connectivity index (χ3n) is 1.73. The molecule has 3 heteroatoms. The van der Waals surface area contributed by atoms with Gasteiger partial charge in [0, 0.05) is 19.3 Å². The predicted octanol–water partition coefficient (Wildman–Crippen LogP) is -1.78. The van der Waals surface area contributed by atoms with Gasteiger partial charge in [-0.1, -0.05) is 12.1 Å². The van der Waals surface area contributed by atoms with E-state index in [9.17, 15) is 5.11 Å². The molecule has 1 aromatic rings. The van der Waals surface area contributed by atoms with Crippen LogP contribution in [0, 0.1) is 0 Å².